The van der Waals surface area contributed by atoms with E-state index in [9.17, 15) is 28.1 Å². The van der Waals surface area contributed by atoms with Gasteiger partial charge in [0.2, 0.25) is 11.7 Å². The number of nitrogens with zero attached hydrogens (tertiary/aromatic N) is 5. The van der Waals surface area contributed by atoms with E-state index in [0.29, 0.717) is 4.90 Å². The van der Waals surface area contributed by atoms with E-state index in [4.69, 9.17) is 0 Å². The van der Waals surface area contributed by atoms with E-state index in [1.54, 1.807) is 0 Å². The van der Waals surface area contributed by atoms with Crippen LogP contribution in [0.25, 0.3) is 0 Å². The first-order valence-corrected chi connectivity index (χ1v) is 6.63. The van der Waals surface area contributed by atoms with Crippen molar-refractivity contribution < 1.29 is 22.9 Å². The topological polar surface area (TPSA) is 94.2 Å². The molecule has 0 unspecified atom stereocenters. The predicted octanol–water partition coefficient (Wildman–Crippen LogP) is 2.09. The van der Waals surface area contributed by atoms with Gasteiger partial charge >= 0.3 is 12.0 Å². The summed E-state index contributed by atoms with van der Waals surface area (Å²) in [4.78, 5) is 30.1. The minimum absolute atomic E-state index is 0.142. The Balaban J connectivity index is 2.26. The van der Waals surface area contributed by atoms with E-state index in [0.717, 1.165) is 10.8 Å². The molecule has 0 aliphatic carbocycles. The summed E-state index contributed by atoms with van der Waals surface area (Å²) < 4.78 is 39.4. The number of carbonyl (C=O) groups is 1. The van der Waals surface area contributed by atoms with E-state index in [1.807, 2.05) is 0 Å². The fourth-order valence-electron chi connectivity index (χ4n) is 1.96. The molecule has 128 valence electrons. The summed E-state index contributed by atoms with van der Waals surface area (Å²) in [5.41, 5.74) is 0. The molecule has 2 heterocycles. The van der Waals surface area contributed by atoms with Crippen molar-refractivity contribution in [3.8, 4) is 0 Å². The number of hydrogen-bond donors (Lipinski definition) is 0. The average molecular weight is 343 g/mol. The van der Waals surface area contributed by atoms with Crippen LogP contribution < -0.4 is 4.90 Å². The summed E-state index contributed by atoms with van der Waals surface area (Å²) in [6, 6.07) is 4.22. The normalized spacial score (nSPS) is 11.3. The lowest BCUT2D eigenvalue weighted by Gasteiger charge is -2.23. The Bertz CT molecular complexity index is 745. The first kappa shape index (κ1) is 17.4. The highest BCUT2D eigenvalue weighted by Crippen LogP contribution is 2.21. The van der Waals surface area contributed by atoms with Gasteiger partial charge in [-0.2, -0.15) is 13.2 Å². The third-order valence-corrected chi connectivity index (χ3v) is 3.02. The number of pyridine rings is 1. The van der Waals surface area contributed by atoms with Gasteiger partial charge in [0.05, 0.1) is 0 Å². The lowest BCUT2D eigenvalue weighted by Crippen LogP contribution is -2.41. The Morgan fingerprint density at radius 2 is 2.12 bits per heavy atom. The summed E-state index contributed by atoms with van der Waals surface area (Å²) in [5.74, 6) is -1.42. The lowest BCUT2D eigenvalue weighted by molar-refractivity contribution is -0.389. The molecule has 0 fully saturated rings. The zero-order valence-corrected chi connectivity index (χ0v) is 12.4. The first-order chi connectivity index (χ1) is 11.2. The fraction of sp³-hybridized carbons (Fsp3) is 0.308. The summed E-state index contributed by atoms with van der Waals surface area (Å²) in [7, 11) is 0. The SMILES string of the molecule is Cc1nc([N+](=O)[O-])cn1CC(=O)N(CC(F)(F)F)c1ccccn1. The maximum absolute atomic E-state index is 12.7. The van der Waals surface area contributed by atoms with Crippen LogP contribution in [-0.2, 0) is 11.3 Å². The van der Waals surface area contributed by atoms with Crippen LogP contribution in [0.2, 0.25) is 0 Å². The Morgan fingerprint density at radius 3 is 2.62 bits per heavy atom. The van der Waals surface area contributed by atoms with Gasteiger partial charge in [0.1, 0.15) is 25.1 Å². The van der Waals surface area contributed by atoms with Gasteiger partial charge in [-0.25, -0.2) is 4.98 Å². The molecule has 24 heavy (non-hydrogen) atoms. The van der Waals surface area contributed by atoms with Crippen molar-refractivity contribution in [1.82, 2.24) is 14.5 Å². The minimum Gasteiger partial charge on any atom is -0.358 e. The van der Waals surface area contributed by atoms with Crippen molar-refractivity contribution in [1.29, 1.82) is 0 Å². The number of carbonyl (C=O) groups excluding carboxylic acids is 1. The zero-order chi connectivity index (χ0) is 17.9. The van der Waals surface area contributed by atoms with Crippen molar-refractivity contribution in [2.24, 2.45) is 0 Å². The van der Waals surface area contributed by atoms with Gasteiger partial charge in [0.15, 0.2) is 0 Å². The van der Waals surface area contributed by atoms with Gasteiger partial charge in [-0.05, 0) is 22.0 Å². The van der Waals surface area contributed by atoms with Gasteiger partial charge in [-0.3, -0.25) is 14.3 Å². The van der Waals surface area contributed by atoms with Crippen LogP contribution in [0.1, 0.15) is 5.82 Å². The number of alkyl halides is 3. The zero-order valence-electron chi connectivity index (χ0n) is 12.4. The molecule has 2 aromatic heterocycles. The van der Waals surface area contributed by atoms with E-state index in [-0.39, 0.29) is 11.6 Å². The molecule has 1 amide bonds. The number of hydrogen-bond acceptors (Lipinski definition) is 5. The number of anilines is 1. The van der Waals surface area contributed by atoms with Crippen molar-refractivity contribution in [2.45, 2.75) is 19.6 Å². The molecule has 0 radical (unpaired) electrons. The number of aromatic nitrogens is 3. The summed E-state index contributed by atoms with van der Waals surface area (Å²) >= 11 is 0. The number of rotatable bonds is 5. The van der Waals surface area contributed by atoms with Crippen molar-refractivity contribution in [2.75, 3.05) is 11.4 Å². The summed E-state index contributed by atoms with van der Waals surface area (Å²) in [6.07, 6.45) is -2.36. The van der Waals surface area contributed by atoms with E-state index in [2.05, 4.69) is 9.97 Å². The van der Waals surface area contributed by atoms with Gasteiger partial charge < -0.3 is 10.1 Å². The maximum Gasteiger partial charge on any atom is 0.406 e. The van der Waals surface area contributed by atoms with Crippen LogP contribution in [0, 0.1) is 17.0 Å². The highest BCUT2D eigenvalue weighted by Gasteiger charge is 2.34. The molecule has 0 saturated heterocycles. The molecule has 0 aliphatic heterocycles. The van der Waals surface area contributed by atoms with Crippen LogP contribution in [0.5, 0.6) is 0 Å². The molecular weight excluding hydrogens is 331 g/mol. The molecule has 0 aromatic carbocycles. The molecule has 0 saturated carbocycles. The molecule has 2 rings (SSSR count). The number of amides is 1. The summed E-state index contributed by atoms with van der Waals surface area (Å²) in [5, 5.41) is 10.7. The van der Waals surface area contributed by atoms with Crippen LogP contribution in [0.4, 0.5) is 24.8 Å². The molecule has 0 atom stereocenters. The largest absolute Gasteiger partial charge is 0.406 e. The van der Waals surface area contributed by atoms with E-state index < -0.39 is 35.9 Å². The number of halogens is 3. The van der Waals surface area contributed by atoms with Crippen molar-refractivity contribution >= 4 is 17.5 Å². The second-order valence-electron chi connectivity index (χ2n) is 4.81. The maximum atomic E-state index is 12.7. The standard InChI is InChI=1S/C13H12F3N5O3/c1-9-18-11(21(23)24)6-19(9)7-12(22)20(8-13(14,15)16)10-4-2-3-5-17-10/h2-6H,7-8H2,1H3. The minimum atomic E-state index is -4.62. The Hall–Kier alpha value is -2.98. The Labute approximate surface area is 133 Å². The van der Waals surface area contributed by atoms with Gasteiger partial charge in [-0.15, -0.1) is 0 Å². The van der Waals surface area contributed by atoms with Crippen LogP contribution >= 0.6 is 0 Å². The number of aryl methyl sites for hydroxylation is 1. The van der Waals surface area contributed by atoms with Gasteiger partial charge in [0.25, 0.3) is 0 Å². The molecule has 0 aliphatic rings. The van der Waals surface area contributed by atoms with Gasteiger partial charge in [-0.1, -0.05) is 6.07 Å². The Kier molecular flexibility index (Phi) is 4.81. The molecule has 0 bridgehead atoms. The third kappa shape index (κ3) is 4.27. The molecular formula is C13H12F3N5O3. The predicted molar refractivity (Wildman–Crippen MR) is 76.3 cm³/mol. The highest BCUT2D eigenvalue weighted by molar-refractivity contribution is 5.92. The fourth-order valence-corrected chi connectivity index (χ4v) is 1.96. The van der Waals surface area contributed by atoms with E-state index >= 15 is 0 Å². The second-order valence-corrected chi connectivity index (χ2v) is 4.81. The molecule has 0 N–H and O–H groups in total. The van der Waals surface area contributed by atoms with Crippen LogP contribution in [0.3, 0.4) is 0 Å². The van der Waals surface area contributed by atoms with Crippen molar-refractivity contribution in [3.63, 3.8) is 0 Å². The molecule has 2 aromatic rings. The second kappa shape index (κ2) is 6.64. The molecule has 8 nitrogen and oxygen atoms in total. The number of nitro groups is 1. The highest BCUT2D eigenvalue weighted by atomic mass is 19.4. The quantitative estimate of drug-likeness (QED) is 0.612. The smallest absolute Gasteiger partial charge is 0.358 e. The molecule has 0 spiro atoms. The van der Waals surface area contributed by atoms with E-state index in [1.165, 1.54) is 31.3 Å². The van der Waals surface area contributed by atoms with Crippen LogP contribution in [-0.4, -0.2) is 38.1 Å². The monoisotopic (exact) mass is 343 g/mol. The van der Waals surface area contributed by atoms with Crippen molar-refractivity contribution in [3.05, 3.63) is 46.5 Å². The lowest BCUT2D eigenvalue weighted by atomic mass is 10.3. The molecule has 11 heteroatoms. The van der Waals surface area contributed by atoms with Crippen LogP contribution in [0.15, 0.2) is 30.6 Å². The Morgan fingerprint density at radius 1 is 1.42 bits per heavy atom. The first-order valence-electron chi connectivity index (χ1n) is 6.63. The number of imidazole rings is 1. The average Bonchev–Trinajstić information content (AvgIpc) is 2.86. The summed E-state index contributed by atoms with van der Waals surface area (Å²) in [6.45, 7) is -0.632. The van der Waals surface area contributed by atoms with Gasteiger partial charge in [0, 0.05) is 13.1 Å². The third-order valence-electron chi connectivity index (χ3n) is 3.02.